The van der Waals surface area contributed by atoms with E-state index in [4.69, 9.17) is 11.6 Å². The average molecular weight is 426 g/mol. The molecule has 1 fully saturated rings. The standard InChI is InChI=1S/C23H27ClF3NO/c1-2-3-4-5-15-6-8-16(9-7-15)17-10-13-20(28-14-17)18-11-12-19(24)21(25)22(18)29-23(26)27/h10-16,23H,2-9H2,1H3. The van der Waals surface area contributed by atoms with Crippen LogP contribution in [0.2, 0.25) is 5.02 Å². The van der Waals surface area contributed by atoms with Crippen LogP contribution in [0.25, 0.3) is 11.3 Å². The Bertz CT molecular complexity index is 789. The van der Waals surface area contributed by atoms with E-state index in [0.717, 1.165) is 24.3 Å². The van der Waals surface area contributed by atoms with Crippen LogP contribution in [-0.2, 0) is 0 Å². The fraction of sp³-hybridized carbons (Fsp3) is 0.522. The number of unbranched alkanes of at least 4 members (excludes halogenated alkanes) is 2. The van der Waals surface area contributed by atoms with Crippen molar-refractivity contribution in [3.8, 4) is 17.0 Å². The predicted octanol–water partition coefficient (Wildman–Crippen LogP) is 8.00. The number of aromatic nitrogens is 1. The molecular weight excluding hydrogens is 399 g/mol. The van der Waals surface area contributed by atoms with E-state index in [-0.39, 0.29) is 10.6 Å². The van der Waals surface area contributed by atoms with Crippen molar-refractivity contribution in [1.82, 2.24) is 4.98 Å². The molecule has 1 aromatic heterocycles. The van der Waals surface area contributed by atoms with E-state index in [1.165, 1.54) is 50.7 Å². The Hall–Kier alpha value is -1.75. The number of nitrogens with zero attached hydrogens (tertiary/aromatic N) is 1. The summed E-state index contributed by atoms with van der Waals surface area (Å²) in [6.07, 6.45) is 11.8. The van der Waals surface area contributed by atoms with Crippen molar-refractivity contribution in [3.05, 3.63) is 46.9 Å². The summed E-state index contributed by atoms with van der Waals surface area (Å²) < 4.78 is 44.0. The monoisotopic (exact) mass is 425 g/mol. The number of rotatable bonds is 8. The maximum absolute atomic E-state index is 14.2. The van der Waals surface area contributed by atoms with Gasteiger partial charge in [-0.25, -0.2) is 4.39 Å². The Morgan fingerprint density at radius 1 is 1.10 bits per heavy atom. The molecule has 158 valence electrons. The van der Waals surface area contributed by atoms with Crippen molar-refractivity contribution < 1.29 is 17.9 Å². The summed E-state index contributed by atoms with van der Waals surface area (Å²) in [7, 11) is 0. The van der Waals surface area contributed by atoms with Gasteiger partial charge in [-0.15, -0.1) is 0 Å². The Morgan fingerprint density at radius 3 is 2.48 bits per heavy atom. The number of ether oxygens (including phenoxy) is 1. The van der Waals surface area contributed by atoms with E-state index in [1.54, 1.807) is 12.3 Å². The van der Waals surface area contributed by atoms with Gasteiger partial charge in [-0.1, -0.05) is 50.3 Å². The van der Waals surface area contributed by atoms with E-state index >= 15 is 0 Å². The van der Waals surface area contributed by atoms with Crippen molar-refractivity contribution in [3.63, 3.8) is 0 Å². The fourth-order valence-corrected chi connectivity index (χ4v) is 4.36. The van der Waals surface area contributed by atoms with Gasteiger partial charge in [0, 0.05) is 11.8 Å². The first-order chi connectivity index (χ1) is 14.0. The minimum absolute atomic E-state index is 0.165. The van der Waals surface area contributed by atoms with Crippen LogP contribution in [0.4, 0.5) is 13.2 Å². The molecule has 0 amide bonds. The molecule has 3 rings (SSSR count). The minimum Gasteiger partial charge on any atom is -0.431 e. The molecule has 0 atom stereocenters. The third-order valence-corrected chi connectivity index (χ3v) is 6.15. The molecule has 0 spiro atoms. The molecule has 1 aliphatic rings. The van der Waals surface area contributed by atoms with Gasteiger partial charge in [0.1, 0.15) is 0 Å². The van der Waals surface area contributed by atoms with Crippen LogP contribution in [0.15, 0.2) is 30.5 Å². The number of alkyl halides is 2. The van der Waals surface area contributed by atoms with E-state index < -0.39 is 18.2 Å². The van der Waals surface area contributed by atoms with Gasteiger partial charge in [0.2, 0.25) is 0 Å². The van der Waals surface area contributed by atoms with Gasteiger partial charge in [-0.05, 0) is 61.3 Å². The largest absolute Gasteiger partial charge is 0.431 e. The summed E-state index contributed by atoms with van der Waals surface area (Å²) in [6, 6.07) is 6.47. The van der Waals surface area contributed by atoms with Crippen LogP contribution in [0, 0.1) is 11.7 Å². The third-order valence-electron chi connectivity index (χ3n) is 5.85. The molecule has 2 aromatic rings. The summed E-state index contributed by atoms with van der Waals surface area (Å²) in [5.74, 6) is -0.272. The maximum Gasteiger partial charge on any atom is 0.387 e. The number of benzene rings is 1. The first-order valence-electron chi connectivity index (χ1n) is 10.4. The lowest BCUT2D eigenvalue weighted by Gasteiger charge is -2.28. The molecule has 2 nitrogen and oxygen atoms in total. The lowest BCUT2D eigenvalue weighted by molar-refractivity contribution is -0.0517. The Balaban J connectivity index is 1.69. The SMILES string of the molecule is CCCCCC1CCC(c2ccc(-c3ccc(Cl)c(F)c3OC(F)F)nc2)CC1. The zero-order valence-electron chi connectivity index (χ0n) is 16.6. The first-order valence-corrected chi connectivity index (χ1v) is 10.8. The molecule has 0 saturated heterocycles. The fourth-order valence-electron chi connectivity index (χ4n) is 4.21. The van der Waals surface area contributed by atoms with Crippen LogP contribution >= 0.6 is 11.6 Å². The Kier molecular flexibility index (Phi) is 7.82. The van der Waals surface area contributed by atoms with E-state index in [0.29, 0.717) is 11.6 Å². The molecule has 1 aromatic carbocycles. The van der Waals surface area contributed by atoms with Gasteiger partial charge in [0.05, 0.1) is 10.7 Å². The molecule has 0 N–H and O–H groups in total. The van der Waals surface area contributed by atoms with Crippen LogP contribution in [0.1, 0.15) is 69.8 Å². The Morgan fingerprint density at radius 2 is 1.86 bits per heavy atom. The van der Waals surface area contributed by atoms with Crippen molar-refractivity contribution in [1.29, 1.82) is 0 Å². The third kappa shape index (κ3) is 5.65. The Labute approximate surface area is 175 Å². The second-order valence-corrected chi connectivity index (χ2v) is 8.21. The highest BCUT2D eigenvalue weighted by Gasteiger charge is 2.23. The molecule has 1 heterocycles. The quantitative estimate of drug-likeness (QED) is 0.399. The lowest BCUT2D eigenvalue weighted by atomic mass is 9.77. The highest BCUT2D eigenvalue weighted by molar-refractivity contribution is 6.31. The van der Waals surface area contributed by atoms with Gasteiger partial charge in [-0.2, -0.15) is 8.78 Å². The van der Waals surface area contributed by atoms with Crippen LogP contribution in [-0.4, -0.2) is 11.6 Å². The van der Waals surface area contributed by atoms with E-state index in [9.17, 15) is 13.2 Å². The number of pyridine rings is 1. The summed E-state index contributed by atoms with van der Waals surface area (Å²) in [4.78, 5) is 4.41. The predicted molar refractivity (Wildman–Crippen MR) is 110 cm³/mol. The molecule has 1 aliphatic carbocycles. The second-order valence-electron chi connectivity index (χ2n) is 7.81. The van der Waals surface area contributed by atoms with E-state index in [1.807, 2.05) is 6.07 Å². The smallest absolute Gasteiger partial charge is 0.387 e. The molecule has 0 radical (unpaired) electrons. The van der Waals surface area contributed by atoms with E-state index in [2.05, 4.69) is 16.6 Å². The van der Waals surface area contributed by atoms with Gasteiger partial charge in [0.15, 0.2) is 11.6 Å². The first kappa shape index (κ1) is 21.9. The van der Waals surface area contributed by atoms with Crippen molar-refractivity contribution >= 4 is 11.6 Å². The zero-order chi connectivity index (χ0) is 20.8. The maximum atomic E-state index is 14.2. The van der Waals surface area contributed by atoms with Gasteiger partial charge >= 0.3 is 6.61 Å². The molecular formula is C23H27ClF3NO. The van der Waals surface area contributed by atoms with Gasteiger partial charge < -0.3 is 4.74 Å². The summed E-state index contributed by atoms with van der Waals surface area (Å²) in [5, 5.41) is -0.267. The van der Waals surface area contributed by atoms with Crippen molar-refractivity contribution in [2.24, 2.45) is 5.92 Å². The lowest BCUT2D eigenvalue weighted by Crippen LogP contribution is -2.13. The molecule has 0 unspecified atom stereocenters. The summed E-state index contributed by atoms with van der Waals surface area (Å²) in [5.41, 5.74) is 1.69. The number of hydrogen-bond acceptors (Lipinski definition) is 2. The second kappa shape index (κ2) is 10.3. The topological polar surface area (TPSA) is 22.1 Å². The number of halogens is 4. The van der Waals surface area contributed by atoms with Crippen LogP contribution in [0.5, 0.6) is 5.75 Å². The molecule has 0 aliphatic heterocycles. The number of hydrogen-bond donors (Lipinski definition) is 0. The van der Waals surface area contributed by atoms with Gasteiger partial charge in [-0.3, -0.25) is 4.98 Å². The molecule has 29 heavy (non-hydrogen) atoms. The normalized spacial score (nSPS) is 19.5. The average Bonchev–Trinajstić information content (AvgIpc) is 2.72. The van der Waals surface area contributed by atoms with Gasteiger partial charge in [0.25, 0.3) is 0 Å². The van der Waals surface area contributed by atoms with Crippen molar-refractivity contribution in [2.75, 3.05) is 0 Å². The zero-order valence-corrected chi connectivity index (χ0v) is 17.4. The molecule has 1 saturated carbocycles. The molecule has 0 bridgehead atoms. The van der Waals surface area contributed by atoms with Crippen molar-refractivity contribution in [2.45, 2.75) is 70.8 Å². The highest BCUT2D eigenvalue weighted by atomic mass is 35.5. The summed E-state index contributed by atoms with van der Waals surface area (Å²) in [6.45, 7) is -0.914. The highest BCUT2D eigenvalue weighted by Crippen LogP contribution is 2.39. The summed E-state index contributed by atoms with van der Waals surface area (Å²) >= 11 is 5.71. The van der Waals surface area contributed by atoms with Crippen LogP contribution in [0.3, 0.4) is 0 Å². The minimum atomic E-state index is -3.14. The molecule has 6 heteroatoms. The van der Waals surface area contributed by atoms with Crippen LogP contribution < -0.4 is 4.74 Å².